The Bertz CT molecular complexity index is 1310. The molecule has 2 atom stereocenters. The van der Waals surface area contributed by atoms with E-state index in [-0.39, 0.29) is 25.7 Å². The summed E-state index contributed by atoms with van der Waals surface area (Å²) in [4.78, 5) is 21.4. The van der Waals surface area contributed by atoms with Crippen LogP contribution in [0.25, 0.3) is 0 Å². The molecule has 3 aromatic rings. The van der Waals surface area contributed by atoms with Crippen LogP contribution in [0.3, 0.4) is 0 Å². The molecule has 1 N–H and O–H groups in total. The van der Waals surface area contributed by atoms with Gasteiger partial charge in [0, 0.05) is 43.3 Å². The molecule has 0 aliphatic carbocycles. The third-order valence-electron chi connectivity index (χ3n) is 6.13. The minimum atomic E-state index is -3.76. The predicted molar refractivity (Wildman–Crippen MR) is 141 cm³/mol. The number of aromatic nitrogens is 1. The average molecular weight is 558 g/mol. The number of sulfonamides is 1. The van der Waals surface area contributed by atoms with Gasteiger partial charge in [-0.15, -0.1) is 11.3 Å². The molecule has 8 nitrogen and oxygen atoms in total. The Morgan fingerprint density at radius 1 is 1.09 bits per heavy atom. The molecule has 3 heterocycles. The number of carbonyl (C=O) groups excluding carboxylic acids is 1. The second-order valence-electron chi connectivity index (χ2n) is 8.26. The number of morpholine rings is 1. The number of halogens is 2. The fourth-order valence-electron chi connectivity index (χ4n) is 4.53. The van der Waals surface area contributed by atoms with Crippen LogP contribution in [-0.4, -0.2) is 56.6 Å². The topological polar surface area (TPSA) is 91.8 Å². The minimum absolute atomic E-state index is 0. The van der Waals surface area contributed by atoms with Crippen molar-refractivity contribution in [3.05, 3.63) is 69.7 Å². The number of benzene rings is 2. The molecule has 12 heteroatoms. The van der Waals surface area contributed by atoms with Crippen LogP contribution < -0.4 is 9.62 Å². The number of anilines is 2. The number of nitrogens with one attached hydrogen (secondary N) is 1. The standard InChI is InChI=1S/C23H22Cl2N4O4S2.2H2/c24-16-11-15(12-17(25)13-16)21-14-33-9-8-29(21)20-5-7-28(22(20)30)18-1-3-19(4-2-18)35(31,32)27-23-26-6-10-34-23;;/h1-4,6,10-13,20-21H,5,7-9,14H2,(H,26,27);2*1H/t20-,21?;;/m0../s1. The fraction of sp³-hybridized carbons (Fsp3) is 0.304. The summed E-state index contributed by atoms with van der Waals surface area (Å²) in [6, 6.07) is 11.2. The zero-order valence-corrected chi connectivity index (χ0v) is 21.6. The summed E-state index contributed by atoms with van der Waals surface area (Å²) in [6.45, 7) is 2.12. The van der Waals surface area contributed by atoms with Crippen LogP contribution in [0.2, 0.25) is 10.0 Å². The van der Waals surface area contributed by atoms with E-state index in [1.165, 1.54) is 29.7 Å². The lowest BCUT2D eigenvalue weighted by Gasteiger charge is -2.39. The predicted octanol–water partition coefficient (Wildman–Crippen LogP) is 4.92. The zero-order valence-electron chi connectivity index (χ0n) is 18.4. The van der Waals surface area contributed by atoms with Crippen molar-refractivity contribution in [3.63, 3.8) is 0 Å². The van der Waals surface area contributed by atoms with E-state index >= 15 is 0 Å². The summed E-state index contributed by atoms with van der Waals surface area (Å²) in [7, 11) is -3.76. The van der Waals surface area contributed by atoms with E-state index in [2.05, 4.69) is 14.6 Å². The first-order valence-corrected chi connectivity index (χ1v) is 14.1. The second kappa shape index (κ2) is 10.0. The van der Waals surface area contributed by atoms with Crippen LogP contribution >= 0.6 is 34.5 Å². The molecule has 5 rings (SSSR count). The van der Waals surface area contributed by atoms with E-state index < -0.39 is 10.0 Å². The summed E-state index contributed by atoms with van der Waals surface area (Å²) in [5.74, 6) is -0.0263. The molecule has 0 bridgehead atoms. The molecule has 35 heavy (non-hydrogen) atoms. The van der Waals surface area contributed by atoms with Crippen LogP contribution in [0.15, 0.2) is 58.9 Å². The first-order valence-electron chi connectivity index (χ1n) is 10.9. The van der Waals surface area contributed by atoms with Gasteiger partial charge in [0.25, 0.3) is 10.0 Å². The summed E-state index contributed by atoms with van der Waals surface area (Å²) < 4.78 is 33.4. The Morgan fingerprint density at radius 3 is 2.51 bits per heavy atom. The van der Waals surface area contributed by atoms with Gasteiger partial charge in [-0.2, -0.15) is 0 Å². The third-order valence-corrected chi connectivity index (χ3v) is 8.74. The van der Waals surface area contributed by atoms with Crippen LogP contribution in [0, 0.1) is 0 Å². The number of hydrogen-bond donors (Lipinski definition) is 1. The first kappa shape index (κ1) is 24.5. The molecular formula is C23H26Cl2N4O4S2. The Balaban J connectivity index is 0.00000190. The van der Waals surface area contributed by atoms with Crippen molar-refractivity contribution in [3.8, 4) is 0 Å². The van der Waals surface area contributed by atoms with Gasteiger partial charge in [-0.25, -0.2) is 13.4 Å². The Hall–Kier alpha value is -2.21. The summed E-state index contributed by atoms with van der Waals surface area (Å²) in [5.41, 5.74) is 1.57. The smallest absolute Gasteiger partial charge is 0.263 e. The van der Waals surface area contributed by atoms with Gasteiger partial charge < -0.3 is 9.64 Å². The van der Waals surface area contributed by atoms with E-state index in [4.69, 9.17) is 27.9 Å². The van der Waals surface area contributed by atoms with Gasteiger partial charge in [0.2, 0.25) is 5.91 Å². The molecule has 0 saturated carbocycles. The summed E-state index contributed by atoms with van der Waals surface area (Å²) in [6.07, 6.45) is 2.18. The van der Waals surface area contributed by atoms with Gasteiger partial charge in [0.1, 0.15) is 0 Å². The highest BCUT2D eigenvalue weighted by molar-refractivity contribution is 7.93. The van der Waals surface area contributed by atoms with Crippen molar-refractivity contribution in [2.24, 2.45) is 0 Å². The lowest BCUT2D eigenvalue weighted by molar-refractivity contribution is -0.125. The fourth-order valence-corrected chi connectivity index (χ4v) is 6.86. The molecule has 1 amide bonds. The normalized spacial score (nSPS) is 21.4. The highest BCUT2D eigenvalue weighted by Crippen LogP contribution is 2.34. The van der Waals surface area contributed by atoms with E-state index in [0.29, 0.717) is 53.6 Å². The summed E-state index contributed by atoms with van der Waals surface area (Å²) >= 11 is 13.6. The number of hydrogen-bond acceptors (Lipinski definition) is 7. The Kier molecular flexibility index (Phi) is 7.02. The highest BCUT2D eigenvalue weighted by Gasteiger charge is 2.41. The average Bonchev–Trinajstić information content (AvgIpc) is 3.47. The van der Waals surface area contributed by atoms with Gasteiger partial charge in [0.05, 0.1) is 30.2 Å². The molecule has 0 radical (unpaired) electrons. The van der Waals surface area contributed by atoms with Crippen molar-refractivity contribution in [1.29, 1.82) is 0 Å². The van der Waals surface area contributed by atoms with Crippen molar-refractivity contribution >= 4 is 61.3 Å². The number of rotatable bonds is 6. The maximum absolute atomic E-state index is 13.5. The lowest BCUT2D eigenvalue weighted by Crippen LogP contribution is -2.49. The third kappa shape index (κ3) is 5.18. The highest BCUT2D eigenvalue weighted by atomic mass is 35.5. The number of ether oxygens (including phenoxy) is 1. The number of nitrogens with zero attached hydrogens (tertiary/aromatic N) is 3. The number of thiazole rings is 1. The van der Waals surface area contributed by atoms with E-state index in [1.807, 2.05) is 12.1 Å². The maximum Gasteiger partial charge on any atom is 0.263 e. The van der Waals surface area contributed by atoms with Crippen molar-refractivity contribution in [1.82, 2.24) is 9.88 Å². The van der Waals surface area contributed by atoms with Crippen LogP contribution in [0.4, 0.5) is 10.8 Å². The monoisotopic (exact) mass is 556 g/mol. The molecule has 1 aromatic heterocycles. The molecule has 2 aromatic carbocycles. The quantitative estimate of drug-likeness (QED) is 0.463. The van der Waals surface area contributed by atoms with Crippen LogP contribution in [0.1, 0.15) is 20.9 Å². The van der Waals surface area contributed by atoms with Gasteiger partial charge in [0.15, 0.2) is 5.13 Å². The van der Waals surface area contributed by atoms with Crippen molar-refractivity contribution in [2.45, 2.75) is 23.4 Å². The van der Waals surface area contributed by atoms with Crippen molar-refractivity contribution < 1.29 is 20.8 Å². The lowest BCUT2D eigenvalue weighted by atomic mass is 10.0. The molecule has 188 valence electrons. The molecular weight excluding hydrogens is 531 g/mol. The molecule has 2 aliphatic heterocycles. The SMILES string of the molecule is O=C1[C@@H](N2CCOCC2c2cc(Cl)cc(Cl)c2)CCN1c1ccc(S(=O)(=O)Nc2nccs2)cc1.[HH].[HH]. The van der Waals surface area contributed by atoms with E-state index in [1.54, 1.807) is 28.5 Å². The molecule has 1 unspecified atom stereocenters. The van der Waals surface area contributed by atoms with E-state index in [0.717, 1.165) is 5.56 Å². The summed E-state index contributed by atoms with van der Waals surface area (Å²) in [5, 5.41) is 3.07. The zero-order chi connectivity index (χ0) is 24.6. The van der Waals surface area contributed by atoms with Crippen LogP contribution in [-0.2, 0) is 19.6 Å². The second-order valence-corrected chi connectivity index (χ2v) is 11.7. The van der Waals surface area contributed by atoms with Crippen molar-refractivity contribution in [2.75, 3.05) is 35.9 Å². The van der Waals surface area contributed by atoms with Gasteiger partial charge in [-0.1, -0.05) is 23.2 Å². The molecule has 2 saturated heterocycles. The molecule has 2 fully saturated rings. The van der Waals surface area contributed by atoms with Gasteiger partial charge >= 0.3 is 0 Å². The van der Waals surface area contributed by atoms with Crippen LogP contribution in [0.5, 0.6) is 0 Å². The minimum Gasteiger partial charge on any atom is -0.378 e. The Morgan fingerprint density at radius 2 is 1.83 bits per heavy atom. The Labute approximate surface area is 220 Å². The maximum atomic E-state index is 13.5. The molecule has 2 aliphatic rings. The number of carbonyl (C=O) groups is 1. The first-order chi connectivity index (χ1) is 16.8. The van der Waals surface area contributed by atoms with Gasteiger partial charge in [-0.3, -0.25) is 14.4 Å². The van der Waals surface area contributed by atoms with Gasteiger partial charge in [-0.05, 0) is 54.4 Å². The largest absolute Gasteiger partial charge is 0.378 e. The molecule has 0 spiro atoms. The number of amides is 1. The van der Waals surface area contributed by atoms with E-state index in [9.17, 15) is 13.2 Å².